The number of anilines is 1. The fourth-order valence-electron chi connectivity index (χ4n) is 6.52. The lowest BCUT2D eigenvalue weighted by molar-refractivity contribution is -0.0660. The van der Waals surface area contributed by atoms with Crippen molar-refractivity contribution < 1.29 is 9.53 Å². The molecule has 5 heteroatoms. The van der Waals surface area contributed by atoms with Gasteiger partial charge in [0.2, 0.25) is 0 Å². The van der Waals surface area contributed by atoms with Crippen molar-refractivity contribution in [2.24, 2.45) is 5.92 Å². The Morgan fingerprint density at radius 3 is 2.51 bits per heavy atom. The Kier molecular flexibility index (Phi) is 6.62. The number of carbonyl (C=O) groups is 1. The Hall–Kier alpha value is -3.38. The molecule has 2 heterocycles. The normalized spacial score (nSPS) is 20.1. The molecule has 2 fully saturated rings. The fourth-order valence-corrected chi connectivity index (χ4v) is 6.52. The third kappa shape index (κ3) is 4.49. The van der Waals surface area contributed by atoms with E-state index in [1.54, 1.807) is 0 Å². The number of piperazine rings is 1. The van der Waals surface area contributed by atoms with E-state index in [1.807, 2.05) is 18.2 Å². The van der Waals surface area contributed by atoms with Crippen LogP contribution in [-0.4, -0.2) is 56.1 Å². The van der Waals surface area contributed by atoms with E-state index in [1.165, 1.54) is 5.57 Å². The van der Waals surface area contributed by atoms with Gasteiger partial charge in [0, 0.05) is 54.7 Å². The van der Waals surface area contributed by atoms with Crippen LogP contribution in [0, 0.1) is 29.1 Å². The summed E-state index contributed by atoms with van der Waals surface area (Å²) in [7, 11) is 0. The Labute approximate surface area is 232 Å². The summed E-state index contributed by atoms with van der Waals surface area (Å²) in [4.78, 5) is 19.1. The highest BCUT2D eigenvalue weighted by Crippen LogP contribution is 2.51. The molecule has 0 aromatic heterocycles. The van der Waals surface area contributed by atoms with Gasteiger partial charge < -0.3 is 9.64 Å². The molecule has 0 amide bonds. The van der Waals surface area contributed by atoms with E-state index in [0.717, 1.165) is 91.3 Å². The molecule has 0 spiro atoms. The number of rotatable bonds is 4. The first kappa shape index (κ1) is 25.9. The molecule has 0 bridgehead atoms. The first-order valence-corrected chi connectivity index (χ1v) is 14.3. The van der Waals surface area contributed by atoms with Crippen LogP contribution in [0.15, 0.2) is 35.9 Å². The summed E-state index contributed by atoms with van der Waals surface area (Å²) >= 11 is 0. The van der Waals surface area contributed by atoms with Crippen LogP contribution in [0.1, 0.15) is 78.7 Å². The summed E-state index contributed by atoms with van der Waals surface area (Å²) in [5.74, 6) is 7.61. The van der Waals surface area contributed by atoms with Crippen molar-refractivity contribution in [2.75, 3.05) is 44.3 Å². The molecular weight excluding hydrogens is 482 g/mol. The number of ketones is 1. The van der Waals surface area contributed by atoms with E-state index in [4.69, 9.17) is 4.74 Å². The minimum atomic E-state index is -0.298. The number of allylic oxidation sites excluding steroid dienone is 2. The molecule has 2 aliphatic heterocycles. The Morgan fingerprint density at radius 2 is 1.85 bits per heavy atom. The van der Waals surface area contributed by atoms with Crippen LogP contribution in [0.25, 0.3) is 5.57 Å². The van der Waals surface area contributed by atoms with E-state index in [-0.39, 0.29) is 11.2 Å². The number of ether oxygens (including phenoxy) is 1. The second-order valence-electron chi connectivity index (χ2n) is 12.3. The maximum atomic E-state index is 14.1. The molecule has 2 aromatic rings. The van der Waals surface area contributed by atoms with Gasteiger partial charge in [0.15, 0.2) is 5.78 Å². The van der Waals surface area contributed by atoms with Crippen LogP contribution in [0.4, 0.5) is 5.69 Å². The largest absolute Gasteiger partial charge is 0.378 e. The van der Waals surface area contributed by atoms with E-state index in [0.29, 0.717) is 23.9 Å². The molecule has 2 aromatic carbocycles. The summed E-state index contributed by atoms with van der Waals surface area (Å²) in [6.07, 6.45) is 2.64. The van der Waals surface area contributed by atoms with Crippen molar-refractivity contribution in [2.45, 2.75) is 58.4 Å². The van der Waals surface area contributed by atoms with Gasteiger partial charge in [-0.3, -0.25) is 9.69 Å². The van der Waals surface area contributed by atoms with Gasteiger partial charge in [0.1, 0.15) is 0 Å². The zero-order valence-electron chi connectivity index (χ0n) is 23.6. The number of Topliss-reactive ketones (excluding diaryl/α,β-unsaturated/α-hetero) is 1. The Morgan fingerprint density at radius 1 is 1.08 bits per heavy atom. The summed E-state index contributed by atoms with van der Waals surface area (Å²) in [5.41, 5.74) is 8.40. The van der Waals surface area contributed by atoms with Crippen molar-refractivity contribution in [3.63, 3.8) is 0 Å². The Bertz CT molecular complexity index is 1470. The summed E-state index contributed by atoms with van der Waals surface area (Å²) < 4.78 is 5.43. The quantitative estimate of drug-likeness (QED) is 0.510. The van der Waals surface area contributed by atoms with Crippen LogP contribution < -0.4 is 4.90 Å². The van der Waals surface area contributed by atoms with Crippen LogP contribution in [-0.2, 0) is 16.6 Å². The molecule has 0 saturated carbocycles. The van der Waals surface area contributed by atoms with Gasteiger partial charge in [-0.15, -0.1) is 0 Å². The molecule has 0 radical (unpaired) electrons. The summed E-state index contributed by atoms with van der Waals surface area (Å²) in [6.45, 7) is 14.6. The van der Waals surface area contributed by atoms with Crippen LogP contribution >= 0.6 is 0 Å². The van der Waals surface area contributed by atoms with Gasteiger partial charge in [-0.2, -0.15) is 5.26 Å². The number of hydrogen-bond acceptors (Lipinski definition) is 5. The fraction of sp³-hybridized carbons (Fsp3) is 0.471. The van der Waals surface area contributed by atoms with E-state index >= 15 is 0 Å². The highest BCUT2D eigenvalue weighted by molar-refractivity contribution is 6.33. The van der Waals surface area contributed by atoms with E-state index in [9.17, 15) is 10.1 Å². The van der Waals surface area contributed by atoms with Gasteiger partial charge in [-0.05, 0) is 65.3 Å². The lowest BCUT2D eigenvalue weighted by atomic mass is 9.68. The monoisotopic (exact) mass is 519 g/mol. The molecule has 6 rings (SSSR count). The van der Waals surface area contributed by atoms with Gasteiger partial charge in [0.25, 0.3) is 0 Å². The zero-order valence-corrected chi connectivity index (χ0v) is 23.6. The zero-order chi connectivity index (χ0) is 27.3. The molecule has 0 N–H and O–H groups in total. The highest BCUT2D eigenvalue weighted by Gasteiger charge is 2.43. The van der Waals surface area contributed by atoms with Crippen molar-refractivity contribution in [3.05, 3.63) is 69.3 Å². The van der Waals surface area contributed by atoms with E-state index in [2.05, 4.69) is 67.5 Å². The van der Waals surface area contributed by atoms with Crippen LogP contribution in [0.3, 0.4) is 0 Å². The summed E-state index contributed by atoms with van der Waals surface area (Å²) in [6, 6.07) is 12.9. The topological polar surface area (TPSA) is 56.6 Å². The third-order valence-electron chi connectivity index (χ3n) is 9.07. The van der Waals surface area contributed by atoms with Gasteiger partial charge >= 0.3 is 0 Å². The second-order valence-corrected chi connectivity index (χ2v) is 12.3. The first-order chi connectivity index (χ1) is 18.8. The molecule has 39 heavy (non-hydrogen) atoms. The Balaban J connectivity index is 1.39. The maximum absolute atomic E-state index is 14.1. The van der Waals surface area contributed by atoms with Gasteiger partial charge in [-0.25, -0.2) is 0 Å². The number of benzene rings is 2. The number of fused-ring (bicyclic) bond motifs is 3. The molecule has 2 saturated heterocycles. The van der Waals surface area contributed by atoms with Crippen LogP contribution in [0.5, 0.6) is 0 Å². The summed E-state index contributed by atoms with van der Waals surface area (Å²) in [5, 5.41) is 9.43. The average Bonchev–Trinajstić information content (AvgIpc) is 3.29. The second kappa shape index (κ2) is 9.98. The molecule has 5 nitrogen and oxygen atoms in total. The number of carbonyl (C=O) groups excluding carboxylic acids is 1. The SMILES string of the molecule is CC(C)CCC#Cc1cc2c(cc1N1CCN(C3COC3)CC1)C(C)(C)C1=C(C2=O)c2ccc(C#N)cc2C1. The minimum Gasteiger partial charge on any atom is -0.378 e. The average molecular weight is 520 g/mol. The molecule has 200 valence electrons. The number of nitrogens with zero attached hydrogens (tertiary/aromatic N) is 3. The predicted molar refractivity (Wildman–Crippen MR) is 155 cm³/mol. The number of nitriles is 1. The van der Waals surface area contributed by atoms with Crippen molar-refractivity contribution in [1.29, 1.82) is 5.26 Å². The molecular formula is C34H37N3O2. The molecule has 4 aliphatic rings. The van der Waals surface area contributed by atoms with Crippen LogP contribution in [0.2, 0.25) is 0 Å². The van der Waals surface area contributed by atoms with Gasteiger partial charge in [-0.1, -0.05) is 45.6 Å². The lowest BCUT2D eigenvalue weighted by Crippen LogP contribution is -2.56. The minimum absolute atomic E-state index is 0.0920. The van der Waals surface area contributed by atoms with Crippen molar-refractivity contribution in [3.8, 4) is 17.9 Å². The number of hydrogen-bond donors (Lipinski definition) is 0. The predicted octanol–water partition coefficient (Wildman–Crippen LogP) is 5.35. The molecule has 0 unspecified atom stereocenters. The van der Waals surface area contributed by atoms with Crippen molar-refractivity contribution >= 4 is 17.0 Å². The highest BCUT2D eigenvalue weighted by atomic mass is 16.5. The van der Waals surface area contributed by atoms with E-state index < -0.39 is 0 Å². The third-order valence-corrected chi connectivity index (χ3v) is 9.07. The van der Waals surface area contributed by atoms with Crippen molar-refractivity contribution in [1.82, 2.24) is 4.90 Å². The van der Waals surface area contributed by atoms with Gasteiger partial charge in [0.05, 0.1) is 36.6 Å². The smallest absolute Gasteiger partial charge is 0.193 e. The first-order valence-electron chi connectivity index (χ1n) is 14.3. The molecule has 2 aliphatic carbocycles. The lowest BCUT2D eigenvalue weighted by Gasteiger charge is -2.44. The standard InChI is InChI=1S/C34H37N3O2/c1-22(2)7-5-6-8-24-16-28-29(18-31(24)37-13-11-36(12-14-37)26-20-39-21-26)34(3,4)30-17-25-15-23(19-35)9-10-27(25)32(30)33(28)38/h9-10,15-16,18,22,26H,5,7,11-14,17,20-21H2,1-4H3. The molecule has 0 atom stereocenters. The maximum Gasteiger partial charge on any atom is 0.193 e.